The van der Waals surface area contributed by atoms with Gasteiger partial charge < -0.3 is 15.3 Å². The number of aliphatic hydroxyl groups is 3. The van der Waals surface area contributed by atoms with E-state index in [0.717, 1.165) is 0 Å². The molecular weight excluding hydrogens is 168 g/mol. The third kappa shape index (κ3) is 3.20. The first kappa shape index (κ1) is 10.9. The Morgan fingerprint density at radius 3 is 2.18 bits per heavy atom. The summed E-state index contributed by atoms with van der Waals surface area (Å²) in [5.41, 5.74) is 0. The van der Waals surface area contributed by atoms with Crippen LogP contribution in [0.15, 0.2) is 0 Å². The summed E-state index contributed by atoms with van der Waals surface area (Å²) in [5, 5.41) is 26.5. The standard InChI is InChI=1S/C6H12O4S/c1-3(7)5(9)6(10)4(8)2-11/h3-5,7-9,11H,2H2,1H3. The van der Waals surface area contributed by atoms with Crippen LogP contribution in [0, 0.1) is 0 Å². The lowest BCUT2D eigenvalue weighted by Crippen LogP contribution is -2.39. The molecule has 0 aromatic carbocycles. The number of Topliss-reactive ketones (excluding diaryl/α,β-unsaturated/α-hetero) is 1. The van der Waals surface area contributed by atoms with E-state index in [1.165, 1.54) is 6.92 Å². The molecule has 0 aliphatic heterocycles. The highest BCUT2D eigenvalue weighted by Gasteiger charge is 2.25. The summed E-state index contributed by atoms with van der Waals surface area (Å²) >= 11 is 3.65. The van der Waals surface area contributed by atoms with Crippen molar-refractivity contribution in [2.24, 2.45) is 0 Å². The summed E-state index contributed by atoms with van der Waals surface area (Å²) in [7, 11) is 0. The molecule has 0 aliphatic rings. The first-order valence-corrected chi connectivity index (χ1v) is 3.82. The van der Waals surface area contributed by atoms with Crippen LogP contribution in [0.25, 0.3) is 0 Å². The van der Waals surface area contributed by atoms with E-state index < -0.39 is 24.1 Å². The van der Waals surface area contributed by atoms with Gasteiger partial charge in [-0.1, -0.05) is 0 Å². The number of rotatable bonds is 4. The van der Waals surface area contributed by atoms with Crippen LogP contribution in [0.5, 0.6) is 0 Å². The molecule has 0 aromatic heterocycles. The minimum Gasteiger partial charge on any atom is -0.390 e. The summed E-state index contributed by atoms with van der Waals surface area (Å²) in [4.78, 5) is 10.8. The van der Waals surface area contributed by atoms with E-state index in [1.54, 1.807) is 0 Å². The Hall–Kier alpha value is -0.100. The van der Waals surface area contributed by atoms with Crippen molar-refractivity contribution in [3.05, 3.63) is 0 Å². The van der Waals surface area contributed by atoms with Crippen LogP contribution in [-0.2, 0) is 4.79 Å². The fourth-order valence-electron chi connectivity index (χ4n) is 0.525. The quantitative estimate of drug-likeness (QED) is 0.401. The minimum atomic E-state index is -1.52. The fourth-order valence-corrected chi connectivity index (χ4v) is 0.705. The Balaban J connectivity index is 4.02. The lowest BCUT2D eigenvalue weighted by atomic mass is 10.1. The van der Waals surface area contributed by atoms with Crippen molar-refractivity contribution in [2.75, 3.05) is 5.75 Å². The van der Waals surface area contributed by atoms with Gasteiger partial charge in [-0.2, -0.15) is 12.6 Å². The Morgan fingerprint density at radius 2 is 1.91 bits per heavy atom. The van der Waals surface area contributed by atoms with Crippen molar-refractivity contribution in [1.29, 1.82) is 0 Å². The topological polar surface area (TPSA) is 77.8 Å². The highest BCUT2D eigenvalue weighted by molar-refractivity contribution is 7.80. The van der Waals surface area contributed by atoms with Crippen molar-refractivity contribution in [3.8, 4) is 0 Å². The van der Waals surface area contributed by atoms with Crippen LogP contribution in [-0.4, -0.2) is 45.2 Å². The lowest BCUT2D eigenvalue weighted by molar-refractivity contribution is -0.139. The molecule has 3 N–H and O–H groups in total. The number of carbonyl (C=O) groups is 1. The van der Waals surface area contributed by atoms with Gasteiger partial charge in [0.25, 0.3) is 0 Å². The summed E-state index contributed by atoms with van der Waals surface area (Å²) in [5.74, 6) is -0.849. The molecule has 0 spiro atoms. The first-order valence-electron chi connectivity index (χ1n) is 3.19. The zero-order valence-electron chi connectivity index (χ0n) is 6.14. The predicted octanol–water partition coefficient (Wildman–Crippen LogP) is -1.41. The van der Waals surface area contributed by atoms with Gasteiger partial charge in [-0.25, -0.2) is 0 Å². The Bertz CT molecular complexity index is 137. The highest BCUT2D eigenvalue weighted by atomic mass is 32.1. The van der Waals surface area contributed by atoms with Crippen molar-refractivity contribution in [1.82, 2.24) is 0 Å². The number of ketones is 1. The molecular formula is C6H12O4S. The van der Waals surface area contributed by atoms with Gasteiger partial charge in [-0.15, -0.1) is 0 Å². The minimum absolute atomic E-state index is 0.0530. The van der Waals surface area contributed by atoms with E-state index in [-0.39, 0.29) is 5.75 Å². The van der Waals surface area contributed by atoms with Gasteiger partial charge in [-0.05, 0) is 6.92 Å². The summed E-state index contributed by atoms with van der Waals surface area (Å²) in [6, 6.07) is 0. The molecule has 0 fully saturated rings. The predicted molar refractivity (Wildman–Crippen MR) is 42.6 cm³/mol. The molecule has 0 amide bonds. The number of thiol groups is 1. The molecule has 3 unspecified atom stereocenters. The fraction of sp³-hybridized carbons (Fsp3) is 0.833. The van der Waals surface area contributed by atoms with Gasteiger partial charge in [0.1, 0.15) is 12.2 Å². The highest BCUT2D eigenvalue weighted by Crippen LogP contribution is 1.99. The number of hydrogen-bond donors (Lipinski definition) is 4. The molecule has 0 saturated heterocycles. The van der Waals surface area contributed by atoms with Crippen molar-refractivity contribution in [3.63, 3.8) is 0 Å². The van der Waals surface area contributed by atoms with Gasteiger partial charge in [0.2, 0.25) is 0 Å². The van der Waals surface area contributed by atoms with E-state index in [9.17, 15) is 4.79 Å². The molecule has 66 valence electrons. The van der Waals surface area contributed by atoms with E-state index in [4.69, 9.17) is 15.3 Å². The molecule has 0 heterocycles. The van der Waals surface area contributed by atoms with Gasteiger partial charge in [0.05, 0.1) is 6.10 Å². The molecule has 11 heavy (non-hydrogen) atoms. The molecule has 3 atom stereocenters. The van der Waals surface area contributed by atoms with Gasteiger partial charge in [-0.3, -0.25) is 4.79 Å². The van der Waals surface area contributed by atoms with Crippen molar-refractivity contribution in [2.45, 2.75) is 25.2 Å². The van der Waals surface area contributed by atoms with E-state index in [2.05, 4.69) is 12.6 Å². The maximum Gasteiger partial charge on any atom is 0.193 e. The smallest absolute Gasteiger partial charge is 0.193 e. The third-order valence-corrected chi connectivity index (χ3v) is 1.60. The van der Waals surface area contributed by atoms with Gasteiger partial charge >= 0.3 is 0 Å². The molecule has 0 radical (unpaired) electrons. The SMILES string of the molecule is CC(O)C(O)C(=O)C(O)CS. The summed E-state index contributed by atoms with van der Waals surface area (Å²) < 4.78 is 0. The van der Waals surface area contributed by atoms with E-state index in [1.807, 2.05) is 0 Å². The van der Waals surface area contributed by atoms with E-state index >= 15 is 0 Å². The van der Waals surface area contributed by atoms with Crippen LogP contribution in [0.1, 0.15) is 6.92 Å². The van der Waals surface area contributed by atoms with E-state index in [0.29, 0.717) is 0 Å². The van der Waals surface area contributed by atoms with Crippen molar-refractivity contribution >= 4 is 18.4 Å². The average Bonchev–Trinajstić information content (AvgIpc) is 2.00. The Kier molecular flexibility index (Phi) is 4.67. The van der Waals surface area contributed by atoms with Crippen LogP contribution in [0.4, 0.5) is 0 Å². The average molecular weight is 180 g/mol. The zero-order chi connectivity index (χ0) is 9.02. The largest absolute Gasteiger partial charge is 0.390 e. The Morgan fingerprint density at radius 1 is 1.45 bits per heavy atom. The molecule has 0 saturated carbocycles. The van der Waals surface area contributed by atoms with Crippen LogP contribution in [0.3, 0.4) is 0 Å². The second kappa shape index (κ2) is 4.71. The Labute approximate surface area is 70.3 Å². The molecule has 0 aromatic rings. The van der Waals surface area contributed by atoms with Crippen LogP contribution in [0.2, 0.25) is 0 Å². The first-order chi connectivity index (χ1) is 5.00. The van der Waals surface area contributed by atoms with Crippen LogP contribution < -0.4 is 0 Å². The summed E-state index contributed by atoms with van der Waals surface area (Å²) in [6.45, 7) is 1.27. The molecule has 0 aliphatic carbocycles. The molecule has 5 heteroatoms. The normalized spacial score (nSPS) is 19.0. The number of hydrogen-bond acceptors (Lipinski definition) is 5. The van der Waals surface area contributed by atoms with Crippen LogP contribution >= 0.6 is 12.6 Å². The monoisotopic (exact) mass is 180 g/mol. The number of aliphatic hydroxyl groups excluding tert-OH is 3. The molecule has 4 nitrogen and oxygen atoms in total. The van der Waals surface area contributed by atoms with Gasteiger partial charge in [0, 0.05) is 5.75 Å². The molecule has 0 bridgehead atoms. The van der Waals surface area contributed by atoms with Crippen molar-refractivity contribution < 1.29 is 20.1 Å². The molecule has 0 rings (SSSR count). The third-order valence-electron chi connectivity index (χ3n) is 1.25. The zero-order valence-corrected chi connectivity index (χ0v) is 7.03. The second-order valence-electron chi connectivity index (χ2n) is 2.29. The summed E-state index contributed by atoms with van der Waals surface area (Å²) in [6.07, 6.45) is -3.97. The maximum atomic E-state index is 10.8. The van der Waals surface area contributed by atoms with Gasteiger partial charge in [0.15, 0.2) is 5.78 Å². The second-order valence-corrected chi connectivity index (χ2v) is 2.65. The lowest BCUT2D eigenvalue weighted by Gasteiger charge is -2.14. The maximum absolute atomic E-state index is 10.8. The number of carbonyl (C=O) groups excluding carboxylic acids is 1.